The zero-order valence-electron chi connectivity index (χ0n) is 8.85. The zero-order chi connectivity index (χ0) is 11.1. The van der Waals surface area contributed by atoms with Crippen LogP contribution in [0.15, 0.2) is 30.3 Å². The van der Waals surface area contributed by atoms with E-state index in [4.69, 9.17) is 9.84 Å². The van der Waals surface area contributed by atoms with E-state index in [1.165, 1.54) is 0 Å². The minimum absolute atomic E-state index is 0.359. The first-order chi connectivity index (χ1) is 7.24. The van der Waals surface area contributed by atoms with Crippen molar-refractivity contribution in [1.82, 2.24) is 0 Å². The second kappa shape index (κ2) is 6.19. The Balaban J connectivity index is 2.43. The smallest absolute Gasteiger partial charge is 0.332 e. The highest BCUT2D eigenvalue weighted by atomic mass is 16.5. The summed E-state index contributed by atoms with van der Waals surface area (Å²) in [7, 11) is 0. The first-order valence-corrected chi connectivity index (χ1v) is 5.12. The van der Waals surface area contributed by atoms with Crippen LogP contribution in [0.1, 0.15) is 25.3 Å². The minimum Gasteiger partial charge on any atom is -0.479 e. The van der Waals surface area contributed by atoms with Gasteiger partial charge in [0.2, 0.25) is 0 Å². The third-order valence-corrected chi connectivity index (χ3v) is 2.12. The van der Waals surface area contributed by atoms with Crippen molar-refractivity contribution in [3.8, 4) is 0 Å². The number of ether oxygens (including phenoxy) is 1. The van der Waals surface area contributed by atoms with Crippen molar-refractivity contribution in [2.75, 3.05) is 0 Å². The van der Waals surface area contributed by atoms with Crippen LogP contribution >= 0.6 is 0 Å². The van der Waals surface area contributed by atoms with Crippen LogP contribution in [0.25, 0.3) is 0 Å². The lowest BCUT2D eigenvalue weighted by molar-refractivity contribution is -0.151. The molecular formula is C12H16O3. The minimum atomic E-state index is -0.882. The Labute approximate surface area is 89.7 Å². The van der Waals surface area contributed by atoms with E-state index in [1.54, 1.807) is 0 Å². The van der Waals surface area contributed by atoms with Crippen LogP contribution in [-0.4, -0.2) is 17.2 Å². The summed E-state index contributed by atoms with van der Waals surface area (Å²) in [5.41, 5.74) is 1.000. The lowest BCUT2D eigenvalue weighted by Crippen LogP contribution is -2.23. The predicted molar refractivity (Wildman–Crippen MR) is 57.6 cm³/mol. The summed E-state index contributed by atoms with van der Waals surface area (Å²) in [4.78, 5) is 10.8. The fourth-order valence-electron chi connectivity index (χ4n) is 1.31. The largest absolute Gasteiger partial charge is 0.479 e. The van der Waals surface area contributed by atoms with Gasteiger partial charge >= 0.3 is 5.97 Å². The summed E-state index contributed by atoms with van der Waals surface area (Å²) in [6.07, 6.45) is 0.684. The molecule has 0 fully saturated rings. The summed E-state index contributed by atoms with van der Waals surface area (Å²) >= 11 is 0. The second-order valence-corrected chi connectivity index (χ2v) is 3.41. The van der Waals surface area contributed by atoms with E-state index in [9.17, 15) is 4.79 Å². The maximum absolute atomic E-state index is 10.8. The van der Waals surface area contributed by atoms with Gasteiger partial charge in [-0.25, -0.2) is 4.79 Å². The van der Waals surface area contributed by atoms with E-state index in [0.717, 1.165) is 12.0 Å². The molecule has 0 heterocycles. The summed E-state index contributed by atoms with van der Waals surface area (Å²) in [6.45, 7) is 2.31. The van der Waals surface area contributed by atoms with Crippen molar-refractivity contribution in [2.45, 2.75) is 32.5 Å². The summed E-state index contributed by atoms with van der Waals surface area (Å²) in [6, 6.07) is 9.59. The molecule has 3 nitrogen and oxygen atoms in total. The third kappa shape index (κ3) is 4.13. The van der Waals surface area contributed by atoms with E-state index in [1.807, 2.05) is 37.3 Å². The van der Waals surface area contributed by atoms with Gasteiger partial charge in [0.15, 0.2) is 6.10 Å². The van der Waals surface area contributed by atoms with Crippen LogP contribution in [0.4, 0.5) is 0 Å². The molecule has 1 atom stereocenters. The van der Waals surface area contributed by atoms with Gasteiger partial charge in [-0.15, -0.1) is 0 Å². The number of aliphatic carboxylic acids is 1. The highest BCUT2D eigenvalue weighted by Gasteiger charge is 2.16. The van der Waals surface area contributed by atoms with E-state index < -0.39 is 12.1 Å². The monoisotopic (exact) mass is 208 g/mol. The number of rotatable bonds is 6. The second-order valence-electron chi connectivity index (χ2n) is 3.41. The van der Waals surface area contributed by atoms with Gasteiger partial charge in [0.05, 0.1) is 6.61 Å². The Morgan fingerprint density at radius 1 is 1.40 bits per heavy atom. The topological polar surface area (TPSA) is 46.5 Å². The Hall–Kier alpha value is -1.35. The van der Waals surface area contributed by atoms with Gasteiger partial charge in [-0.05, 0) is 12.0 Å². The molecule has 0 saturated heterocycles. The Kier molecular flexibility index (Phi) is 4.84. The number of benzene rings is 1. The van der Waals surface area contributed by atoms with Crippen molar-refractivity contribution in [3.63, 3.8) is 0 Å². The number of carbonyl (C=O) groups is 1. The van der Waals surface area contributed by atoms with Crippen molar-refractivity contribution in [1.29, 1.82) is 0 Å². The van der Waals surface area contributed by atoms with Crippen molar-refractivity contribution >= 4 is 5.97 Å². The van der Waals surface area contributed by atoms with Gasteiger partial charge in [0.25, 0.3) is 0 Å². The van der Waals surface area contributed by atoms with Crippen LogP contribution in [0, 0.1) is 0 Å². The van der Waals surface area contributed by atoms with E-state index in [-0.39, 0.29) is 0 Å². The van der Waals surface area contributed by atoms with E-state index in [0.29, 0.717) is 13.0 Å². The van der Waals surface area contributed by atoms with E-state index >= 15 is 0 Å². The molecule has 82 valence electrons. The molecular weight excluding hydrogens is 192 g/mol. The maximum Gasteiger partial charge on any atom is 0.332 e. The molecule has 0 aliphatic rings. The molecule has 0 spiro atoms. The lowest BCUT2D eigenvalue weighted by atomic mass is 10.2. The molecule has 3 heteroatoms. The molecule has 0 unspecified atom stereocenters. The third-order valence-electron chi connectivity index (χ3n) is 2.12. The van der Waals surface area contributed by atoms with Crippen molar-refractivity contribution in [3.05, 3.63) is 35.9 Å². The van der Waals surface area contributed by atoms with Gasteiger partial charge in [0.1, 0.15) is 0 Å². The van der Waals surface area contributed by atoms with Gasteiger partial charge in [-0.1, -0.05) is 43.7 Å². The van der Waals surface area contributed by atoms with Crippen molar-refractivity contribution < 1.29 is 14.6 Å². The Morgan fingerprint density at radius 3 is 2.60 bits per heavy atom. The standard InChI is InChI=1S/C12H16O3/c1-2-6-11(12(13)14)15-9-10-7-4-3-5-8-10/h3-5,7-8,11H,2,6,9H2,1H3,(H,13,14)/t11-/m1/s1. The number of hydrogen-bond donors (Lipinski definition) is 1. The molecule has 15 heavy (non-hydrogen) atoms. The predicted octanol–water partition coefficient (Wildman–Crippen LogP) is 2.46. The molecule has 1 rings (SSSR count). The first-order valence-electron chi connectivity index (χ1n) is 5.12. The van der Waals surface area contributed by atoms with Crippen LogP contribution in [-0.2, 0) is 16.1 Å². The molecule has 1 aromatic rings. The van der Waals surface area contributed by atoms with Crippen LogP contribution in [0.5, 0.6) is 0 Å². The van der Waals surface area contributed by atoms with E-state index in [2.05, 4.69) is 0 Å². The lowest BCUT2D eigenvalue weighted by Gasteiger charge is -2.12. The quantitative estimate of drug-likeness (QED) is 0.781. The van der Waals surface area contributed by atoms with Crippen molar-refractivity contribution in [2.24, 2.45) is 0 Å². The number of hydrogen-bond acceptors (Lipinski definition) is 2. The van der Waals surface area contributed by atoms with Gasteiger partial charge in [-0.2, -0.15) is 0 Å². The van der Waals surface area contributed by atoms with Crippen LogP contribution < -0.4 is 0 Å². The Morgan fingerprint density at radius 2 is 2.07 bits per heavy atom. The highest BCUT2D eigenvalue weighted by molar-refractivity contribution is 5.72. The molecule has 0 aromatic heterocycles. The number of carboxylic acids is 1. The molecule has 1 aromatic carbocycles. The highest BCUT2D eigenvalue weighted by Crippen LogP contribution is 2.07. The molecule has 0 aliphatic carbocycles. The Bertz CT molecular complexity index is 295. The average Bonchev–Trinajstić information content (AvgIpc) is 2.25. The summed E-state index contributed by atoms with van der Waals surface area (Å²) < 4.78 is 5.33. The molecule has 1 N–H and O–H groups in total. The fraction of sp³-hybridized carbons (Fsp3) is 0.417. The molecule has 0 radical (unpaired) electrons. The molecule has 0 amide bonds. The van der Waals surface area contributed by atoms with Crippen LogP contribution in [0.2, 0.25) is 0 Å². The normalized spacial score (nSPS) is 12.3. The molecule has 0 bridgehead atoms. The van der Waals surface area contributed by atoms with Gasteiger partial charge < -0.3 is 9.84 Å². The average molecular weight is 208 g/mol. The van der Waals surface area contributed by atoms with Crippen LogP contribution in [0.3, 0.4) is 0 Å². The van der Waals surface area contributed by atoms with Gasteiger partial charge in [0, 0.05) is 0 Å². The first kappa shape index (κ1) is 11.7. The molecule has 0 aliphatic heterocycles. The fourth-order valence-corrected chi connectivity index (χ4v) is 1.31. The molecule has 0 saturated carbocycles. The number of carboxylic acid groups (broad SMARTS) is 1. The summed E-state index contributed by atoms with van der Waals surface area (Å²) in [5, 5.41) is 8.86. The zero-order valence-corrected chi connectivity index (χ0v) is 8.85. The maximum atomic E-state index is 10.8. The van der Waals surface area contributed by atoms with Gasteiger partial charge in [-0.3, -0.25) is 0 Å². The SMILES string of the molecule is CCC[C@@H](OCc1ccccc1)C(=O)O. The summed E-state index contributed by atoms with van der Waals surface area (Å²) in [5.74, 6) is -0.882.